The number of allylic oxidation sites excluding steroid dienone is 1. The molecule has 0 unspecified atom stereocenters. The second-order valence-electron chi connectivity index (χ2n) is 10.7. The number of hydrogen-bond acceptors (Lipinski definition) is 5. The summed E-state index contributed by atoms with van der Waals surface area (Å²) in [4.78, 5) is 21.2. The number of ether oxygens (including phenoxy) is 2. The highest BCUT2D eigenvalue weighted by Crippen LogP contribution is 2.40. The first kappa shape index (κ1) is 33.4. The van der Waals surface area contributed by atoms with E-state index in [4.69, 9.17) is 37.7 Å². The van der Waals surface area contributed by atoms with Gasteiger partial charge in [-0.3, -0.25) is 9.69 Å². The maximum Gasteiger partial charge on any atom is 0.271 e. The maximum absolute atomic E-state index is 14.0. The van der Waals surface area contributed by atoms with Crippen molar-refractivity contribution in [2.45, 2.75) is 46.6 Å². The number of amidine groups is 1. The van der Waals surface area contributed by atoms with Crippen LogP contribution in [0.2, 0.25) is 10.0 Å². The van der Waals surface area contributed by atoms with Gasteiger partial charge in [-0.15, -0.1) is 6.58 Å². The topological polar surface area (TPSA) is 51.1 Å². The first-order chi connectivity index (χ1) is 22.3. The van der Waals surface area contributed by atoms with Crippen molar-refractivity contribution in [2.75, 3.05) is 11.5 Å². The average molecular weight is 672 g/mol. The summed E-state index contributed by atoms with van der Waals surface area (Å²) in [5.41, 5.74) is 6.58. The van der Waals surface area contributed by atoms with Crippen molar-refractivity contribution >= 4 is 63.5 Å². The van der Waals surface area contributed by atoms with Crippen molar-refractivity contribution in [3.8, 4) is 11.5 Å². The number of aryl methyl sites for hydroxylation is 2. The summed E-state index contributed by atoms with van der Waals surface area (Å²) in [6.07, 6.45) is 6.12. The Morgan fingerprint density at radius 2 is 1.52 bits per heavy atom. The molecule has 1 amide bonds. The van der Waals surface area contributed by atoms with Gasteiger partial charge < -0.3 is 9.47 Å². The van der Waals surface area contributed by atoms with E-state index in [2.05, 4.69) is 44.7 Å². The van der Waals surface area contributed by atoms with Crippen LogP contribution in [-0.2, 0) is 30.7 Å². The smallest absolute Gasteiger partial charge is 0.271 e. The molecule has 236 valence electrons. The van der Waals surface area contributed by atoms with Crippen molar-refractivity contribution in [2.24, 2.45) is 4.99 Å². The Bertz CT molecular complexity index is 1780. The van der Waals surface area contributed by atoms with Crippen LogP contribution in [0.4, 0.5) is 11.4 Å². The van der Waals surface area contributed by atoms with Gasteiger partial charge in [0.15, 0.2) is 16.7 Å². The average Bonchev–Trinajstić information content (AvgIpc) is 3.36. The highest BCUT2D eigenvalue weighted by Gasteiger charge is 2.35. The minimum Gasteiger partial charge on any atom is -0.490 e. The molecule has 1 heterocycles. The molecule has 5 nitrogen and oxygen atoms in total. The van der Waals surface area contributed by atoms with Crippen molar-refractivity contribution in [1.29, 1.82) is 0 Å². The molecular formula is C38H36Cl2N2O3S. The lowest BCUT2D eigenvalue weighted by molar-refractivity contribution is -0.113. The van der Waals surface area contributed by atoms with Crippen molar-refractivity contribution < 1.29 is 14.3 Å². The summed E-state index contributed by atoms with van der Waals surface area (Å²) < 4.78 is 12.4. The minimum absolute atomic E-state index is 0.138. The van der Waals surface area contributed by atoms with E-state index in [1.54, 1.807) is 17.0 Å². The van der Waals surface area contributed by atoms with E-state index in [-0.39, 0.29) is 12.5 Å². The van der Waals surface area contributed by atoms with Crippen LogP contribution in [0.15, 0.2) is 101 Å². The molecule has 8 heteroatoms. The first-order valence-corrected chi connectivity index (χ1v) is 16.9. The monoisotopic (exact) mass is 670 g/mol. The largest absolute Gasteiger partial charge is 0.490 e. The molecule has 5 rings (SSSR count). The fourth-order valence-electron chi connectivity index (χ4n) is 5.01. The Labute approximate surface area is 285 Å². The van der Waals surface area contributed by atoms with Crippen molar-refractivity contribution in [3.63, 3.8) is 0 Å². The first-order valence-electron chi connectivity index (χ1n) is 15.3. The SMILES string of the molecule is C=CCc1cc(/C=C2\SC(=Nc3ccc(CC)cc3)N(c3ccc(CC)cc3)C2=O)cc(OCC)c1OCc1ccc(Cl)c(Cl)c1. The third-order valence-corrected chi connectivity index (χ3v) is 9.17. The van der Waals surface area contributed by atoms with Gasteiger partial charge in [0.1, 0.15) is 6.61 Å². The Kier molecular flexibility index (Phi) is 11.3. The highest BCUT2D eigenvalue weighted by molar-refractivity contribution is 8.19. The Morgan fingerprint density at radius 3 is 2.15 bits per heavy atom. The quantitative estimate of drug-likeness (QED) is 0.111. The number of amides is 1. The third-order valence-electron chi connectivity index (χ3n) is 7.46. The van der Waals surface area contributed by atoms with E-state index in [9.17, 15) is 4.79 Å². The number of hydrogen-bond donors (Lipinski definition) is 0. The van der Waals surface area contributed by atoms with Crippen LogP contribution in [0.3, 0.4) is 0 Å². The van der Waals surface area contributed by atoms with E-state index in [0.29, 0.717) is 44.6 Å². The fraction of sp³-hybridized carbons (Fsp3) is 0.211. The van der Waals surface area contributed by atoms with Gasteiger partial charge in [-0.05, 0) is 115 Å². The lowest BCUT2D eigenvalue weighted by Crippen LogP contribution is -2.28. The summed E-state index contributed by atoms with van der Waals surface area (Å²) in [6, 6.07) is 25.5. The number of aliphatic imine (C=N–C) groups is 1. The number of thioether (sulfide) groups is 1. The molecule has 46 heavy (non-hydrogen) atoms. The number of halogens is 2. The minimum atomic E-state index is -0.138. The number of nitrogens with zero attached hydrogens (tertiary/aromatic N) is 2. The zero-order chi connectivity index (χ0) is 32.6. The summed E-state index contributed by atoms with van der Waals surface area (Å²) in [5.74, 6) is 1.07. The van der Waals surface area contributed by atoms with Crippen LogP contribution in [0.5, 0.6) is 11.5 Å². The zero-order valence-corrected chi connectivity index (χ0v) is 28.5. The Morgan fingerprint density at radius 1 is 0.848 bits per heavy atom. The Balaban J connectivity index is 1.52. The number of benzene rings is 4. The fourth-order valence-corrected chi connectivity index (χ4v) is 6.33. The molecule has 1 aliphatic heterocycles. The molecule has 0 aromatic heterocycles. The van der Waals surface area contributed by atoms with E-state index in [1.807, 2.05) is 61.5 Å². The molecule has 0 spiro atoms. The molecule has 0 atom stereocenters. The summed E-state index contributed by atoms with van der Waals surface area (Å²) in [5, 5.41) is 1.56. The van der Waals surface area contributed by atoms with Gasteiger partial charge in [0, 0.05) is 5.56 Å². The number of rotatable bonds is 12. The van der Waals surface area contributed by atoms with E-state index in [0.717, 1.165) is 40.9 Å². The predicted octanol–water partition coefficient (Wildman–Crippen LogP) is 10.6. The molecule has 0 bridgehead atoms. The van der Waals surface area contributed by atoms with Crippen LogP contribution >= 0.6 is 35.0 Å². The molecule has 0 saturated carbocycles. The summed E-state index contributed by atoms with van der Waals surface area (Å²) in [6.45, 7) is 10.8. The molecule has 1 saturated heterocycles. The predicted molar refractivity (Wildman–Crippen MR) is 194 cm³/mol. The van der Waals surface area contributed by atoms with Gasteiger partial charge in [-0.25, -0.2) is 4.99 Å². The van der Waals surface area contributed by atoms with Crippen LogP contribution in [-0.4, -0.2) is 17.7 Å². The van der Waals surface area contributed by atoms with Crippen molar-refractivity contribution in [3.05, 3.63) is 134 Å². The molecular weight excluding hydrogens is 635 g/mol. The number of anilines is 1. The summed E-state index contributed by atoms with van der Waals surface area (Å²) >= 11 is 13.7. The maximum atomic E-state index is 14.0. The second kappa shape index (κ2) is 15.5. The zero-order valence-electron chi connectivity index (χ0n) is 26.2. The van der Waals surface area contributed by atoms with Crippen LogP contribution < -0.4 is 14.4 Å². The molecule has 1 aliphatic rings. The van der Waals surface area contributed by atoms with Gasteiger partial charge in [-0.1, -0.05) is 73.5 Å². The van der Waals surface area contributed by atoms with Gasteiger partial charge >= 0.3 is 0 Å². The molecule has 4 aromatic rings. The number of carbonyl (C=O) groups excluding carboxylic acids is 1. The third kappa shape index (κ3) is 7.87. The molecule has 4 aromatic carbocycles. The van der Waals surface area contributed by atoms with E-state index >= 15 is 0 Å². The second-order valence-corrected chi connectivity index (χ2v) is 12.5. The molecule has 0 aliphatic carbocycles. The van der Waals surface area contributed by atoms with Crippen molar-refractivity contribution in [1.82, 2.24) is 0 Å². The van der Waals surface area contributed by atoms with Crippen LogP contribution in [0.25, 0.3) is 6.08 Å². The highest BCUT2D eigenvalue weighted by atomic mass is 35.5. The molecule has 1 fully saturated rings. The van der Waals surface area contributed by atoms with Crippen LogP contribution in [0, 0.1) is 0 Å². The van der Waals surface area contributed by atoms with Crippen LogP contribution in [0.1, 0.15) is 48.6 Å². The molecule has 0 N–H and O–H groups in total. The van der Waals surface area contributed by atoms with Gasteiger partial charge in [0.25, 0.3) is 5.91 Å². The Hall–Kier alpha value is -3.97. The molecule has 0 radical (unpaired) electrons. The van der Waals surface area contributed by atoms with E-state index in [1.165, 1.54) is 22.9 Å². The van der Waals surface area contributed by atoms with Gasteiger partial charge in [-0.2, -0.15) is 0 Å². The number of carbonyl (C=O) groups is 1. The van der Waals surface area contributed by atoms with Gasteiger partial charge in [0.2, 0.25) is 0 Å². The van der Waals surface area contributed by atoms with Gasteiger partial charge in [0.05, 0.1) is 32.9 Å². The lowest BCUT2D eigenvalue weighted by atomic mass is 10.0. The summed E-state index contributed by atoms with van der Waals surface area (Å²) in [7, 11) is 0. The van der Waals surface area contributed by atoms with E-state index < -0.39 is 0 Å². The normalized spacial score (nSPS) is 14.7. The standard InChI is InChI=1S/C38H36Cl2N2O3S/c1-5-9-29-20-28(22-34(44-8-4)36(29)45-24-27-14-19-32(39)33(40)21-27)23-35-37(43)42(31-17-12-26(7-3)13-18-31)38(46-35)41-30-15-10-25(6-2)11-16-30/h5,10-23H,1,6-9,24H2,2-4H3/b35-23-,41-38?. The lowest BCUT2D eigenvalue weighted by Gasteiger charge is -2.17.